The first-order valence-corrected chi connectivity index (χ1v) is 12.4. The number of piperidine rings is 1. The number of carbonyl (C=O) groups is 1. The highest BCUT2D eigenvalue weighted by Crippen LogP contribution is 2.24. The minimum atomic E-state index is 0. The van der Waals surface area contributed by atoms with E-state index in [1.165, 1.54) is 0 Å². The molecule has 178 valence electrons. The van der Waals surface area contributed by atoms with Crippen molar-refractivity contribution in [1.82, 2.24) is 20.5 Å². The molecule has 0 aromatic carbocycles. The summed E-state index contributed by atoms with van der Waals surface area (Å²) >= 11 is 1.73. The maximum atomic E-state index is 12.6. The van der Waals surface area contributed by atoms with Gasteiger partial charge in [-0.3, -0.25) is 9.79 Å². The lowest BCUT2D eigenvalue weighted by molar-refractivity contribution is -0.136. The van der Waals surface area contributed by atoms with Crippen molar-refractivity contribution in [3.8, 4) is 0 Å². The highest BCUT2D eigenvalue weighted by Gasteiger charge is 2.26. The number of hydrogen-bond donors (Lipinski definition) is 2. The van der Waals surface area contributed by atoms with Crippen LogP contribution in [0.25, 0.3) is 0 Å². The van der Waals surface area contributed by atoms with Gasteiger partial charge in [-0.15, -0.1) is 35.3 Å². The average Bonchev–Trinajstić information content (AvgIpc) is 3.19. The molecule has 1 saturated heterocycles. The Balaban J connectivity index is 0.00000480. The molecule has 0 saturated carbocycles. The fourth-order valence-electron chi connectivity index (χ4n) is 3.69. The van der Waals surface area contributed by atoms with Crippen molar-refractivity contribution in [1.29, 1.82) is 0 Å². The Labute approximate surface area is 210 Å². The standard InChI is InChI=1S/C23H41N5OS.HI/c1-7-17(8-2)21(29)28-14-11-18(12-15-28)26-22(24-9-3)25-13-10-20-27-19(16-30-20)23(4,5)6;/h16-18H,7-15H2,1-6H3,(H2,24,25,26);1H. The van der Waals surface area contributed by atoms with Gasteiger partial charge in [0.15, 0.2) is 5.96 Å². The first-order valence-electron chi connectivity index (χ1n) is 11.6. The average molecular weight is 564 g/mol. The second-order valence-electron chi connectivity index (χ2n) is 9.14. The van der Waals surface area contributed by atoms with Gasteiger partial charge in [-0.25, -0.2) is 4.98 Å². The van der Waals surface area contributed by atoms with Crippen molar-refractivity contribution in [3.63, 3.8) is 0 Å². The second kappa shape index (κ2) is 13.6. The molecule has 0 atom stereocenters. The van der Waals surface area contributed by atoms with Crippen LogP contribution in [-0.4, -0.2) is 54.0 Å². The molecule has 1 aliphatic rings. The van der Waals surface area contributed by atoms with Gasteiger partial charge < -0.3 is 15.5 Å². The quantitative estimate of drug-likeness (QED) is 0.276. The third-order valence-electron chi connectivity index (χ3n) is 5.74. The number of rotatable bonds is 8. The monoisotopic (exact) mass is 563 g/mol. The van der Waals surface area contributed by atoms with Gasteiger partial charge in [0.2, 0.25) is 5.91 Å². The maximum absolute atomic E-state index is 12.6. The summed E-state index contributed by atoms with van der Waals surface area (Å²) in [6.07, 6.45) is 4.66. The number of nitrogens with one attached hydrogen (secondary N) is 2. The highest BCUT2D eigenvalue weighted by atomic mass is 127. The molecule has 1 fully saturated rings. The van der Waals surface area contributed by atoms with Crippen LogP contribution in [0.1, 0.15) is 77.9 Å². The Morgan fingerprint density at radius 2 is 1.90 bits per heavy atom. The summed E-state index contributed by atoms with van der Waals surface area (Å²) in [7, 11) is 0. The Kier molecular flexibility index (Phi) is 12.3. The lowest BCUT2D eigenvalue weighted by atomic mass is 9.93. The number of amides is 1. The molecule has 0 aliphatic carbocycles. The van der Waals surface area contributed by atoms with Gasteiger partial charge in [0.25, 0.3) is 0 Å². The Morgan fingerprint density at radius 3 is 2.42 bits per heavy atom. The predicted octanol–water partition coefficient (Wildman–Crippen LogP) is 4.58. The Bertz CT molecular complexity index is 688. The van der Waals surface area contributed by atoms with Crippen LogP contribution in [0.3, 0.4) is 0 Å². The van der Waals surface area contributed by atoms with Crippen LogP contribution >= 0.6 is 35.3 Å². The van der Waals surface area contributed by atoms with E-state index in [-0.39, 0.29) is 35.3 Å². The summed E-state index contributed by atoms with van der Waals surface area (Å²) < 4.78 is 0. The topological polar surface area (TPSA) is 69.6 Å². The van der Waals surface area contributed by atoms with Crippen LogP contribution < -0.4 is 10.6 Å². The van der Waals surface area contributed by atoms with Gasteiger partial charge in [-0.05, 0) is 32.6 Å². The molecular formula is C23H42IN5OS. The zero-order valence-corrected chi connectivity index (χ0v) is 23.3. The summed E-state index contributed by atoms with van der Waals surface area (Å²) in [5.74, 6) is 1.38. The number of hydrogen-bond acceptors (Lipinski definition) is 4. The third kappa shape index (κ3) is 8.86. The van der Waals surface area contributed by atoms with Gasteiger partial charge in [0, 0.05) is 55.4 Å². The van der Waals surface area contributed by atoms with Crippen molar-refractivity contribution >= 4 is 47.2 Å². The zero-order valence-electron chi connectivity index (χ0n) is 20.2. The fraction of sp³-hybridized carbons (Fsp3) is 0.783. The SMILES string of the molecule is CCNC(=NCCc1nc(C(C)(C)C)cs1)NC1CCN(C(=O)C(CC)CC)CC1.I. The second-order valence-corrected chi connectivity index (χ2v) is 10.1. The molecule has 2 rings (SSSR count). The first-order chi connectivity index (χ1) is 14.3. The predicted molar refractivity (Wildman–Crippen MR) is 143 cm³/mol. The molecule has 0 bridgehead atoms. The van der Waals surface area contributed by atoms with Crippen molar-refractivity contribution < 1.29 is 4.79 Å². The van der Waals surface area contributed by atoms with Gasteiger partial charge in [0.1, 0.15) is 0 Å². The van der Waals surface area contributed by atoms with E-state index in [1.807, 2.05) is 0 Å². The summed E-state index contributed by atoms with van der Waals surface area (Å²) in [5.41, 5.74) is 1.25. The van der Waals surface area contributed by atoms with E-state index in [0.717, 1.165) is 74.9 Å². The van der Waals surface area contributed by atoms with Gasteiger partial charge in [-0.2, -0.15) is 0 Å². The van der Waals surface area contributed by atoms with E-state index < -0.39 is 0 Å². The maximum Gasteiger partial charge on any atom is 0.225 e. The molecule has 6 nitrogen and oxygen atoms in total. The summed E-state index contributed by atoms with van der Waals surface area (Å²) in [5, 5.41) is 10.2. The largest absolute Gasteiger partial charge is 0.357 e. The number of thiazole rings is 1. The molecule has 1 aromatic heterocycles. The number of guanidine groups is 1. The highest BCUT2D eigenvalue weighted by molar-refractivity contribution is 14.0. The number of aromatic nitrogens is 1. The van der Waals surface area contributed by atoms with Crippen LogP contribution in [0.5, 0.6) is 0 Å². The third-order valence-corrected chi connectivity index (χ3v) is 6.65. The van der Waals surface area contributed by atoms with E-state index in [0.29, 0.717) is 11.9 Å². The van der Waals surface area contributed by atoms with Crippen molar-refractivity contribution in [3.05, 3.63) is 16.1 Å². The van der Waals surface area contributed by atoms with E-state index >= 15 is 0 Å². The molecule has 0 unspecified atom stereocenters. The number of aliphatic imine (C=N–C) groups is 1. The van der Waals surface area contributed by atoms with Crippen LogP contribution in [0.4, 0.5) is 0 Å². The Hall–Kier alpha value is -0.900. The molecule has 8 heteroatoms. The summed E-state index contributed by atoms with van der Waals surface area (Å²) in [6, 6.07) is 0.362. The molecule has 0 spiro atoms. The minimum absolute atomic E-state index is 0. The van der Waals surface area contributed by atoms with Crippen LogP contribution in [0.15, 0.2) is 10.4 Å². The molecular weight excluding hydrogens is 521 g/mol. The number of halogens is 1. The summed E-state index contributed by atoms with van der Waals surface area (Å²) in [4.78, 5) is 24.2. The fourth-order valence-corrected chi connectivity index (χ4v) is 4.70. The van der Waals surface area contributed by atoms with E-state index in [9.17, 15) is 4.79 Å². The lowest BCUT2D eigenvalue weighted by Gasteiger charge is -2.34. The van der Waals surface area contributed by atoms with Crippen LogP contribution in [0, 0.1) is 5.92 Å². The van der Waals surface area contributed by atoms with Gasteiger partial charge in [0.05, 0.1) is 10.7 Å². The van der Waals surface area contributed by atoms with Gasteiger partial charge >= 0.3 is 0 Å². The zero-order chi connectivity index (χ0) is 22.1. The molecule has 0 radical (unpaired) electrons. The Morgan fingerprint density at radius 1 is 1.26 bits per heavy atom. The van der Waals surface area contributed by atoms with Crippen LogP contribution in [-0.2, 0) is 16.6 Å². The van der Waals surface area contributed by atoms with Gasteiger partial charge in [-0.1, -0.05) is 34.6 Å². The normalized spacial score (nSPS) is 15.7. The first kappa shape index (κ1) is 28.1. The number of carbonyl (C=O) groups excluding carboxylic acids is 1. The van der Waals surface area contributed by atoms with Crippen molar-refractivity contribution in [2.24, 2.45) is 10.9 Å². The van der Waals surface area contributed by atoms with Crippen LogP contribution in [0.2, 0.25) is 0 Å². The molecule has 1 amide bonds. The number of nitrogens with zero attached hydrogens (tertiary/aromatic N) is 3. The lowest BCUT2D eigenvalue weighted by Crippen LogP contribution is -2.50. The number of likely N-dealkylation sites (tertiary alicyclic amines) is 1. The minimum Gasteiger partial charge on any atom is -0.357 e. The van der Waals surface area contributed by atoms with Crippen molar-refractivity contribution in [2.75, 3.05) is 26.2 Å². The van der Waals surface area contributed by atoms with E-state index in [1.54, 1.807) is 11.3 Å². The molecule has 2 heterocycles. The van der Waals surface area contributed by atoms with E-state index in [4.69, 9.17) is 9.98 Å². The summed E-state index contributed by atoms with van der Waals surface area (Å²) in [6.45, 7) is 16.1. The molecule has 31 heavy (non-hydrogen) atoms. The van der Waals surface area contributed by atoms with E-state index in [2.05, 4.69) is 62.5 Å². The van der Waals surface area contributed by atoms with Crippen molar-refractivity contribution in [2.45, 2.75) is 85.1 Å². The molecule has 2 N–H and O–H groups in total. The molecule has 1 aliphatic heterocycles. The smallest absolute Gasteiger partial charge is 0.225 e. The molecule has 1 aromatic rings.